The zero-order valence-electron chi connectivity index (χ0n) is 18.5. The largest absolute Gasteiger partial charge is 0.386 e. The number of aromatic nitrogens is 5. The summed E-state index contributed by atoms with van der Waals surface area (Å²) in [7, 11) is -0.174. The molecule has 2 N–H and O–H groups in total. The van der Waals surface area contributed by atoms with Gasteiger partial charge < -0.3 is 23.9 Å². The molecule has 5 unspecified atom stereocenters. The van der Waals surface area contributed by atoms with Gasteiger partial charge >= 0.3 is 0 Å². The van der Waals surface area contributed by atoms with Crippen LogP contribution in [0.3, 0.4) is 0 Å². The molecule has 2 saturated heterocycles. The van der Waals surface area contributed by atoms with Gasteiger partial charge in [-0.2, -0.15) is 4.98 Å². The molecule has 0 saturated carbocycles. The van der Waals surface area contributed by atoms with Gasteiger partial charge in [0.2, 0.25) is 5.78 Å². The molecule has 12 heteroatoms. The third-order valence-corrected chi connectivity index (χ3v) is 7.40. The highest BCUT2D eigenvalue weighted by atomic mass is 35.5. The number of aromatic amines is 1. The molecular formula is C24H19ClN5O5P. The molecule has 0 radical (unpaired) electrons. The summed E-state index contributed by atoms with van der Waals surface area (Å²) < 4.78 is 20.3. The Bertz CT molecular complexity index is 1650. The van der Waals surface area contributed by atoms with E-state index < -0.39 is 24.5 Å². The molecule has 2 aliphatic heterocycles. The number of ether oxygens (including phenoxy) is 1. The summed E-state index contributed by atoms with van der Waals surface area (Å²) >= 11 is 6.11. The van der Waals surface area contributed by atoms with E-state index in [-0.39, 0.29) is 25.8 Å². The van der Waals surface area contributed by atoms with Crippen molar-refractivity contribution in [3.05, 3.63) is 76.2 Å². The van der Waals surface area contributed by atoms with Gasteiger partial charge in [0.05, 0.1) is 12.3 Å². The van der Waals surface area contributed by atoms with Crippen molar-refractivity contribution in [1.82, 2.24) is 23.9 Å². The lowest BCUT2D eigenvalue weighted by Gasteiger charge is -2.24. The first-order valence-corrected chi connectivity index (χ1v) is 12.5. The third-order valence-electron chi connectivity index (χ3n) is 6.49. The van der Waals surface area contributed by atoms with Crippen LogP contribution in [0.2, 0.25) is 5.02 Å². The summed E-state index contributed by atoms with van der Waals surface area (Å²) in [5.41, 5.74) is 2.46. The molecule has 5 aromatic rings. The normalized spacial score (nSPS) is 24.6. The number of H-pyrrole nitrogens is 1. The molecule has 0 spiro atoms. The second-order valence-electron chi connectivity index (χ2n) is 8.66. The van der Waals surface area contributed by atoms with Crippen molar-refractivity contribution in [1.29, 1.82) is 0 Å². The van der Waals surface area contributed by atoms with Crippen molar-refractivity contribution >= 4 is 37.6 Å². The smallest absolute Gasteiger partial charge is 0.287 e. The maximum absolute atomic E-state index is 13.6. The fraction of sp³-hybridized carbons (Fsp3) is 0.208. The Labute approximate surface area is 210 Å². The number of aliphatic hydroxyl groups excluding tert-OH is 1. The van der Waals surface area contributed by atoms with Crippen LogP contribution in [0.5, 0.6) is 0 Å². The zero-order chi connectivity index (χ0) is 24.4. The number of aliphatic hydroxyl groups is 1. The van der Waals surface area contributed by atoms with E-state index in [4.69, 9.17) is 30.4 Å². The van der Waals surface area contributed by atoms with Crippen LogP contribution in [0.1, 0.15) is 6.23 Å². The van der Waals surface area contributed by atoms with Crippen LogP contribution >= 0.6 is 20.6 Å². The van der Waals surface area contributed by atoms with Crippen LogP contribution in [0.15, 0.2) is 65.6 Å². The number of imidazole rings is 2. The molecule has 10 nitrogen and oxygen atoms in total. The highest BCUT2D eigenvalue weighted by Crippen LogP contribution is 2.41. The number of nitrogens with zero attached hydrogens (tertiary/aromatic N) is 4. The molecule has 2 aromatic carbocycles. The SMILES string of the molecule is O=c1c2nc(-c3ccc(Cl)cc3)n(C3OC4COPOC4C3O)c2nc2[nH]c(-c3ccccc3)cn12. The summed E-state index contributed by atoms with van der Waals surface area (Å²) in [6.45, 7) is 0.303. The number of fused-ring (bicyclic) bond motifs is 3. The molecule has 0 aliphatic carbocycles. The van der Waals surface area contributed by atoms with Crippen LogP contribution in [-0.2, 0) is 13.8 Å². The van der Waals surface area contributed by atoms with Crippen LogP contribution < -0.4 is 5.56 Å². The molecule has 5 atom stereocenters. The van der Waals surface area contributed by atoms with E-state index in [2.05, 4.69) is 9.97 Å². The monoisotopic (exact) mass is 523 g/mol. The van der Waals surface area contributed by atoms with Gasteiger partial charge in [-0.1, -0.05) is 41.9 Å². The van der Waals surface area contributed by atoms with Gasteiger partial charge in [0, 0.05) is 16.8 Å². The first-order chi connectivity index (χ1) is 17.6. The number of nitrogens with one attached hydrogen (secondary N) is 1. The number of hydrogen-bond donors (Lipinski definition) is 2. The number of halogens is 1. The number of benzene rings is 2. The van der Waals surface area contributed by atoms with Crippen molar-refractivity contribution < 1.29 is 18.9 Å². The van der Waals surface area contributed by atoms with E-state index in [1.807, 2.05) is 30.3 Å². The Morgan fingerprint density at radius 1 is 1.08 bits per heavy atom. The second-order valence-corrected chi connectivity index (χ2v) is 9.79. The Balaban J connectivity index is 1.46. The van der Waals surface area contributed by atoms with Crippen LogP contribution in [-0.4, -0.2) is 53.9 Å². The lowest BCUT2D eigenvalue weighted by Crippen LogP contribution is -2.37. The minimum absolute atomic E-state index is 0.153. The highest BCUT2D eigenvalue weighted by molar-refractivity contribution is 7.26. The van der Waals surface area contributed by atoms with Crippen molar-refractivity contribution in [2.24, 2.45) is 0 Å². The van der Waals surface area contributed by atoms with Crippen molar-refractivity contribution in [3.8, 4) is 22.6 Å². The van der Waals surface area contributed by atoms with E-state index in [1.54, 1.807) is 35.0 Å². The van der Waals surface area contributed by atoms with E-state index in [0.717, 1.165) is 11.3 Å². The predicted octanol–water partition coefficient (Wildman–Crippen LogP) is 3.54. The van der Waals surface area contributed by atoms with E-state index in [0.29, 0.717) is 28.8 Å². The Morgan fingerprint density at radius 2 is 1.89 bits per heavy atom. The topological polar surface area (TPSA) is 116 Å². The van der Waals surface area contributed by atoms with Gasteiger partial charge in [-0.05, 0) is 29.8 Å². The minimum atomic E-state index is -1.02. The fourth-order valence-corrected chi connectivity index (χ4v) is 5.58. The quantitative estimate of drug-likeness (QED) is 0.347. The van der Waals surface area contributed by atoms with E-state index in [9.17, 15) is 9.90 Å². The highest BCUT2D eigenvalue weighted by Gasteiger charge is 2.49. The maximum Gasteiger partial charge on any atom is 0.287 e. The molecule has 5 heterocycles. The summed E-state index contributed by atoms with van der Waals surface area (Å²) in [6, 6.07) is 16.7. The minimum Gasteiger partial charge on any atom is -0.386 e. The number of hydrogen-bond acceptors (Lipinski definition) is 7. The molecule has 182 valence electrons. The first kappa shape index (κ1) is 22.1. The molecule has 0 amide bonds. The molecule has 2 fully saturated rings. The molecule has 2 aliphatic rings. The van der Waals surface area contributed by atoms with Crippen molar-refractivity contribution in [3.63, 3.8) is 0 Å². The number of rotatable bonds is 3. The third kappa shape index (κ3) is 3.42. The summed E-state index contributed by atoms with van der Waals surface area (Å²) in [5.74, 6) is 0.773. The molecule has 36 heavy (non-hydrogen) atoms. The fourth-order valence-electron chi connectivity index (χ4n) is 4.75. The lowest BCUT2D eigenvalue weighted by atomic mass is 10.1. The zero-order valence-corrected chi connectivity index (χ0v) is 20.3. The average Bonchev–Trinajstić information content (AvgIpc) is 3.59. The predicted molar refractivity (Wildman–Crippen MR) is 134 cm³/mol. The molecule has 0 bridgehead atoms. The van der Waals surface area contributed by atoms with E-state index >= 15 is 0 Å². The Morgan fingerprint density at radius 3 is 2.67 bits per heavy atom. The van der Waals surface area contributed by atoms with Gasteiger partial charge in [-0.15, -0.1) is 0 Å². The molecule has 3 aromatic heterocycles. The lowest BCUT2D eigenvalue weighted by molar-refractivity contribution is -0.0513. The average molecular weight is 524 g/mol. The van der Waals surface area contributed by atoms with Gasteiger partial charge in [-0.3, -0.25) is 9.36 Å². The summed E-state index contributed by atoms with van der Waals surface area (Å²) in [6.07, 6.45) is -1.21. The van der Waals surface area contributed by atoms with Crippen LogP contribution in [0.25, 0.3) is 39.6 Å². The maximum atomic E-state index is 13.6. The van der Waals surface area contributed by atoms with Gasteiger partial charge in [0.15, 0.2) is 26.4 Å². The second kappa shape index (κ2) is 8.48. The van der Waals surface area contributed by atoms with Gasteiger partial charge in [0.1, 0.15) is 24.1 Å². The van der Waals surface area contributed by atoms with Crippen LogP contribution in [0, 0.1) is 0 Å². The van der Waals surface area contributed by atoms with Crippen LogP contribution in [0.4, 0.5) is 0 Å². The summed E-state index contributed by atoms with van der Waals surface area (Å²) in [5, 5.41) is 11.7. The molecular weight excluding hydrogens is 505 g/mol. The van der Waals surface area contributed by atoms with E-state index in [1.165, 1.54) is 4.40 Å². The van der Waals surface area contributed by atoms with Gasteiger partial charge in [0.25, 0.3) is 5.56 Å². The summed E-state index contributed by atoms with van der Waals surface area (Å²) in [4.78, 5) is 26.3. The Kier molecular flexibility index (Phi) is 5.21. The Hall–Kier alpha value is -3.11. The standard InChI is InChI=1S/C24H19ClN5O5P/c25-14-8-6-13(7-9-14)20-27-17-21(30(20)23-18(31)19-16(34-23)11-33-36-35-19)28-24-26-15(10-29(24)22(17)32)12-4-2-1-3-5-12/h1-10,16,18-19,23,31,36H,11H2,(H,26,28). The van der Waals surface area contributed by atoms with Gasteiger partial charge in [-0.25, -0.2) is 9.38 Å². The molecule has 7 rings (SSSR count). The van der Waals surface area contributed by atoms with Crippen molar-refractivity contribution in [2.75, 3.05) is 6.61 Å². The van der Waals surface area contributed by atoms with Crippen molar-refractivity contribution in [2.45, 2.75) is 24.5 Å². The first-order valence-electron chi connectivity index (χ1n) is 11.3.